The second-order valence-electron chi connectivity index (χ2n) is 0.595. The maximum atomic E-state index is 11.1. The van der Waals surface area contributed by atoms with Gasteiger partial charge in [-0.1, -0.05) is 8.28 Å². The number of thiocarbonyl (C=S) groups is 1. The average molecular weight is 141 g/mol. The number of rotatable bonds is 1. The van der Waals surface area contributed by atoms with Gasteiger partial charge < -0.3 is 0 Å². The van der Waals surface area contributed by atoms with Crippen molar-refractivity contribution >= 4 is 27.8 Å². The number of hydrogen-bond acceptors (Lipinski definition) is 3. The molecular formula is CFNO2S2. The predicted molar refractivity (Wildman–Crippen MR) is 25.1 cm³/mol. The molecule has 0 aromatic heterocycles. The normalized spacial score (nSPS) is 9.86. The van der Waals surface area contributed by atoms with Gasteiger partial charge in [0, 0.05) is 0 Å². The average Bonchev–Trinajstić information content (AvgIpc) is 1.30. The quantitative estimate of drug-likeness (QED) is 0.300. The van der Waals surface area contributed by atoms with Gasteiger partial charge in [-0.25, -0.2) is 0 Å². The molecule has 0 radical (unpaired) electrons. The number of hydrogen-bond donors (Lipinski definition) is 0. The van der Waals surface area contributed by atoms with Crippen molar-refractivity contribution in [3.05, 3.63) is 0 Å². The molecule has 0 bridgehead atoms. The van der Waals surface area contributed by atoms with Gasteiger partial charge >= 0.3 is 10.4 Å². The number of halogens is 1. The van der Waals surface area contributed by atoms with Crippen LogP contribution in [0.15, 0.2) is 4.40 Å². The van der Waals surface area contributed by atoms with Crippen LogP contribution in [0.3, 0.4) is 0 Å². The van der Waals surface area contributed by atoms with Crippen molar-refractivity contribution in [1.29, 1.82) is 0 Å². The molecule has 0 rings (SSSR count). The van der Waals surface area contributed by atoms with Crippen molar-refractivity contribution in [3.63, 3.8) is 0 Å². The first-order chi connectivity index (χ1) is 3.06. The molecular weight excluding hydrogens is 141 g/mol. The molecule has 40 valence electrons. The molecule has 0 aromatic carbocycles. The third-order valence-electron chi connectivity index (χ3n) is 0.146. The topological polar surface area (TPSA) is 46.5 Å². The Morgan fingerprint density at radius 2 is 2.14 bits per heavy atom. The van der Waals surface area contributed by atoms with Crippen LogP contribution in [-0.2, 0) is 10.4 Å². The van der Waals surface area contributed by atoms with E-state index in [1.165, 1.54) is 5.16 Å². The molecule has 3 nitrogen and oxygen atoms in total. The van der Waals surface area contributed by atoms with Gasteiger partial charge in [-0.15, -0.1) is 0 Å². The lowest BCUT2D eigenvalue weighted by Gasteiger charge is -1.67. The van der Waals surface area contributed by atoms with Crippen molar-refractivity contribution in [2.45, 2.75) is 0 Å². The van der Waals surface area contributed by atoms with Crippen LogP contribution >= 0.6 is 12.2 Å². The second kappa shape index (κ2) is 2.11. The highest BCUT2D eigenvalue weighted by atomic mass is 32.3. The third kappa shape index (κ3) is 5.68. The Bertz CT molecular complexity index is 188. The van der Waals surface area contributed by atoms with E-state index in [0.29, 0.717) is 0 Å². The van der Waals surface area contributed by atoms with E-state index in [1.54, 1.807) is 0 Å². The lowest BCUT2D eigenvalue weighted by molar-refractivity contribution is 0.554. The molecule has 0 aliphatic heterocycles. The first-order valence-corrected chi connectivity index (χ1v) is 2.85. The zero-order valence-electron chi connectivity index (χ0n) is 2.96. The van der Waals surface area contributed by atoms with Crippen molar-refractivity contribution < 1.29 is 12.3 Å². The van der Waals surface area contributed by atoms with Gasteiger partial charge in [-0.2, -0.15) is 8.42 Å². The van der Waals surface area contributed by atoms with Gasteiger partial charge in [0.05, 0.1) is 5.16 Å². The van der Waals surface area contributed by atoms with Crippen molar-refractivity contribution in [2.75, 3.05) is 0 Å². The van der Waals surface area contributed by atoms with E-state index < -0.39 is 10.4 Å². The molecule has 0 heterocycles. The Morgan fingerprint density at radius 3 is 2.14 bits per heavy atom. The van der Waals surface area contributed by atoms with Crippen LogP contribution in [0, 0.1) is 0 Å². The molecule has 0 aromatic rings. The van der Waals surface area contributed by atoms with E-state index in [4.69, 9.17) is 0 Å². The van der Waals surface area contributed by atoms with Crippen LogP contribution in [0.1, 0.15) is 0 Å². The fourth-order valence-electron chi connectivity index (χ4n) is 0.0445. The van der Waals surface area contributed by atoms with Crippen LogP contribution < -0.4 is 0 Å². The van der Waals surface area contributed by atoms with Gasteiger partial charge in [0.1, 0.15) is 0 Å². The summed E-state index contributed by atoms with van der Waals surface area (Å²) in [6.45, 7) is 0. The van der Waals surface area contributed by atoms with Crippen LogP contribution in [0.25, 0.3) is 0 Å². The minimum absolute atomic E-state index is 1.35. The van der Waals surface area contributed by atoms with E-state index in [2.05, 4.69) is 16.6 Å². The molecule has 0 fully saturated rings. The lowest BCUT2D eigenvalue weighted by Crippen LogP contribution is -1.78. The zero-order valence-corrected chi connectivity index (χ0v) is 4.59. The molecule has 0 N–H and O–H groups in total. The van der Waals surface area contributed by atoms with Crippen LogP contribution in [0.5, 0.6) is 0 Å². The minimum atomic E-state index is -4.76. The van der Waals surface area contributed by atoms with Gasteiger partial charge in [0.2, 0.25) is 0 Å². The summed E-state index contributed by atoms with van der Waals surface area (Å²) in [5.41, 5.74) is 0. The summed E-state index contributed by atoms with van der Waals surface area (Å²) in [7, 11) is -4.76. The Morgan fingerprint density at radius 1 is 1.71 bits per heavy atom. The molecule has 0 aliphatic rings. The highest BCUT2D eigenvalue weighted by molar-refractivity contribution is 7.86. The number of nitrogens with zero attached hydrogens (tertiary/aromatic N) is 1. The van der Waals surface area contributed by atoms with Crippen molar-refractivity contribution in [1.82, 2.24) is 0 Å². The summed E-state index contributed by atoms with van der Waals surface area (Å²) in [5.74, 6) is 0. The molecule has 0 amide bonds. The van der Waals surface area contributed by atoms with E-state index in [0.717, 1.165) is 0 Å². The minimum Gasteiger partial charge on any atom is -0.169 e. The Balaban J connectivity index is 4.44. The van der Waals surface area contributed by atoms with E-state index in [1.807, 2.05) is 0 Å². The van der Waals surface area contributed by atoms with E-state index >= 15 is 0 Å². The summed E-state index contributed by atoms with van der Waals surface area (Å²) >= 11 is 3.76. The Kier molecular flexibility index (Phi) is 2.01. The summed E-state index contributed by atoms with van der Waals surface area (Å²) in [6, 6.07) is 0. The molecule has 6 heteroatoms. The lowest BCUT2D eigenvalue weighted by atomic mass is 11.8. The highest BCUT2D eigenvalue weighted by Crippen LogP contribution is 1.87. The van der Waals surface area contributed by atoms with Crippen LogP contribution in [0.2, 0.25) is 0 Å². The highest BCUT2D eigenvalue weighted by Gasteiger charge is 1.96. The molecule has 7 heavy (non-hydrogen) atoms. The second-order valence-corrected chi connectivity index (χ2v) is 1.78. The summed E-state index contributed by atoms with van der Waals surface area (Å²) < 4.78 is 31.7. The number of isothiocyanates is 1. The van der Waals surface area contributed by atoms with Gasteiger partial charge in [-0.05, 0) is 12.2 Å². The molecule has 0 atom stereocenters. The van der Waals surface area contributed by atoms with E-state index in [-0.39, 0.29) is 0 Å². The standard InChI is InChI=1S/CFNO2S2/c2-7(4,5)3-1-6. The fourth-order valence-corrected chi connectivity index (χ4v) is 0.401. The molecule has 0 unspecified atom stereocenters. The van der Waals surface area contributed by atoms with Crippen molar-refractivity contribution in [3.8, 4) is 0 Å². The fraction of sp³-hybridized carbons (Fsp3) is 0. The smallest absolute Gasteiger partial charge is 0.169 e. The Labute approximate surface area is 45.2 Å². The zero-order chi connectivity index (χ0) is 5.91. The van der Waals surface area contributed by atoms with Crippen LogP contribution in [-0.4, -0.2) is 13.6 Å². The summed E-state index contributed by atoms with van der Waals surface area (Å²) in [4.78, 5) is 0. The van der Waals surface area contributed by atoms with Crippen molar-refractivity contribution in [2.24, 2.45) is 4.40 Å². The predicted octanol–water partition coefficient (Wildman–Crippen LogP) is 0.304. The van der Waals surface area contributed by atoms with Crippen LogP contribution in [0.4, 0.5) is 3.89 Å². The summed E-state index contributed by atoms with van der Waals surface area (Å²) in [6.07, 6.45) is 0. The molecule has 0 saturated carbocycles. The molecule has 0 saturated heterocycles. The van der Waals surface area contributed by atoms with Gasteiger partial charge in [-0.3, -0.25) is 0 Å². The SMILES string of the molecule is O=S(=O)(F)N=C=S. The molecule has 0 spiro atoms. The molecule has 0 aliphatic carbocycles. The first kappa shape index (κ1) is 6.68. The summed E-state index contributed by atoms with van der Waals surface area (Å²) in [5, 5.41) is 1.35. The first-order valence-electron chi connectivity index (χ1n) is 1.10. The van der Waals surface area contributed by atoms with E-state index in [9.17, 15) is 12.3 Å². The Hall–Kier alpha value is -0.320. The monoisotopic (exact) mass is 141 g/mol. The third-order valence-corrected chi connectivity index (χ3v) is 0.663. The van der Waals surface area contributed by atoms with Gasteiger partial charge in [0.25, 0.3) is 0 Å². The maximum absolute atomic E-state index is 11.1. The van der Waals surface area contributed by atoms with Gasteiger partial charge in [0.15, 0.2) is 0 Å². The largest absolute Gasteiger partial charge is 0.426 e. The maximum Gasteiger partial charge on any atom is 0.426 e.